The van der Waals surface area contributed by atoms with E-state index >= 15 is 0 Å². The van der Waals surface area contributed by atoms with Crippen LogP contribution in [0.15, 0.2) is 66.9 Å². The standard InChI is InChI=1S/C22H16N6O/c1-14-12-19(28-22(25-14)27-17-9-3-2-6-16(17)13-23)21(29)26-18-10-4-7-15-8-5-11-24-20(15)18/h2-12H,1H3,(H,26,29)(H,25,27,28). The van der Waals surface area contributed by atoms with E-state index in [1.165, 1.54) is 0 Å². The molecule has 4 rings (SSSR count). The van der Waals surface area contributed by atoms with Crippen molar-refractivity contribution < 1.29 is 4.79 Å². The molecule has 29 heavy (non-hydrogen) atoms. The fourth-order valence-electron chi connectivity index (χ4n) is 2.94. The molecule has 7 heteroatoms. The van der Waals surface area contributed by atoms with E-state index in [9.17, 15) is 10.1 Å². The van der Waals surface area contributed by atoms with Crippen LogP contribution in [0.4, 0.5) is 17.3 Å². The van der Waals surface area contributed by atoms with E-state index in [2.05, 4.69) is 31.7 Å². The molecular formula is C22H16N6O. The number of pyridine rings is 1. The van der Waals surface area contributed by atoms with Crippen molar-refractivity contribution in [2.75, 3.05) is 10.6 Å². The maximum atomic E-state index is 12.8. The van der Waals surface area contributed by atoms with Crippen LogP contribution in [0, 0.1) is 18.3 Å². The predicted molar refractivity (Wildman–Crippen MR) is 111 cm³/mol. The Hall–Kier alpha value is -4.31. The lowest BCUT2D eigenvalue weighted by Gasteiger charge is -2.10. The summed E-state index contributed by atoms with van der Waals surface area (Å²) in [6, 6.07) is 20.1. The van der Waals surface area contributed by atoms with Gasteiger partial charge >= 0.3 is 0 Å². The minimum absolute atomic E-state index is 0.211. The number of rotatable bonds is 4. The van der Waals surface area contributed by atoms with Crippen LogP contribution >= 0.6 is 0 Å². The SMILES string of the molecule is Cc1cc(C(=O)Nc2cccc3cccnc23)nc(Nc2ccccc2C#N)n1. The summed E-state index contributed by atoms with van der Waals surface area (Å²) in [7, 11) is 0. The number of nitriles is 1. The molecule has 7 nitrogen and oxygen atoms in total. The Labute approximate surface area is 167 Å². The number of hydrogen-bond acceptors (Lipinski definition) is 6. The minimum atomic E-state index is -0.370. The Bertz CT molecular complexity index is 1260. The Morgan fingerprint density at radius 2 is 1.79 bits per heavy atom. The molecule has 0 atom stereocenters. The van der Waals surface area contributed by atoms with Crippen LogP contribution in [0.5, 0.6) is 0 Å². The number of aryl methyl sites for hydroxylation is 1. The van der Waals surface area contributed by atoms with Gasteiger partial charge in [-0.15, -0.1) is 0 Å². The van der Waals surface area contributed by atoms with Crippen molar-refractivity contribution in [2.24, 2.45) is 0 Å². The third-order valence-electron chi connectivity index (χ3n) is 4.26. The first-order valence-corrected chi connectivity index (χ1v) is 8.91. The lowest BCUT2D eigenvalue weighted by Crippen LogP contribution is -2.16. The summed E-state index contributed by atoms with van der Waals surface area (Å²) in [5, 5.41) is 16.1. The maximum Gasteiger partial charge on any atom is 0.274 e. The van der Waals surface area contributed by atoms with Gasteiger partial charge in [0.1, 0.15) is 11.8 Å². The van der Waals surface area contributed by atoms with E-state index in [0.29, 0.717) is 28.1 Å². The van der Waals surface area contributed by atoms with Gasteiger partial charge in [0.15, 0.2) is 0 Å². The zero-order valence-electron chi connectivity index (χ0n) is 15.5. The first-order valence-electron chi connectivity index (χ1n) is 8.91. The van der Waals surface area contributed by atoms with Crippen molar-refractivity contribution >= 4 is 34.1 Å². The minimum Gasteiger partial charge on any atom is -0.323 e. The molecule has 0 saturated heterocycles. The summed E-state index contributed by atoms with van der Waals surface area (Å²) in [6.07, 6.45) is 1.68. The number of aromatic nitrogens is 3. The van der Waals surface area contributed by atoms with Crippen molar-refractivity contribution in [2.45, 2.75) is 6.92 Å². The van der Waals surface area contributed by atoms with Gasteiger partial charge in [0.25, 0.3) is 5.91 Å². The van der Waals surface area contributed by atoms with Crippen molar-refractivity contribution in [3.63, 3.8) is 0 Å². The maximum absolute atomic E-state index is 12.8. The molecular weight excluding hydrogens is 364 g/mol. The molecule has 0 radical (unpaired) electrons. The Morgan fingerprint density at radius 1 is 1.00 bits per heavy atom. The Morgan fingerprint density at radius 3 is 2.66 bits per heavy atom. The number of amides is 1. The van der Waals surface area contributed by atoms with Crippen molar-refractivity contribution in [3.8, 4) is 6.07 Å². The first-order chi connectivity index (χ1) is 14.1. The van der Waals surface area contributed by atoms with Gasteiger partial charge in [-0.25, -0.2) is 9.97 Å². The number of para-hydroxylation sites is 2. The Kier molecular flexibility index (Phi) is 4.82. The molecule has 0 unspecified atom stereocenters. The molecule has 0 bridgehead atoms. The fraction of sp³-hybridized carbons (Fsp3) is 0.0455. The summed E-state index contributed by atoms with van der Waals surface area (Å²) in [6.45, 7) is 1.78. The third-order valence-corrected chi connectivity index (χ3v) is 4.26. The van der Waals surface area contributed by atoms with E-state index < -0.39 is 0 Å². The lowest BCUT2D eigenvalue weighted by atomic mass is 10.2. The van der Waals surface area contributed by atoms with Crippen LogP contribution < -0.4 is 10.6 Å². The van der Waals surface area contributed by atoms with E-state index in [-0.39, 0.29) is 17.5 Å². The molecule has 0 spiro atoms. The predicted octanol–water partition coefficient (Wildman–Crippen LogP) is 4.20. The monoisotopic (exact) mass is 380 g/mol. The molecule has 2 N–H and O–H groups in total. The molecule has 0 fully saturated rings. The van der Waals surface area contributed by atoms with Crippen LogP contribution in [0.2, 0.25) is 0 Å². The number of benzene rings is 2. The number of anilines is 3. The molecule has 2 heterocycles. The number of carbonyl (C=O) groups is 1. The summed E-state index contributed by atoms with van der Waals surface area (Å²) >= 11 is 0. The number of carbonyl (C=O) groups excluding carboxylic acids is 1. The highest BCUT2D eigenvalue weighted by Crippen LogP contribution is 2.22. The molecule has 0 saturated carbocycles. The summed E-state index contributed by atoms with van der Waals surface area (Å²) in [4.78, 5) is 25.8. The van der Waals surface area contributed by atoms with Gasteiger partial charge < -0.3 is 10.6 Å². The van der Waals surface area contributed by atoms with E-state index in [1.807, 2.05) is 24.3 Å². The van der Waals surface area contributed by atoms with Crippen LogP contribution in [0.1, 0.15) is 21.7 Å². The zero-order valence-corrected chi connectivity index (χ0v) is 15.5. The van der Waals surface area contributed by atoms with Gasteiger partial charge in [0.2, 0.25) is 5.95 Å². The van der Waals surface area contributed by atoms with E-state index in [1.54, 1.807) is 49.5 Å². The largest absolute Gasteiger partial charge is 0.323 e. The number of nitrogens with zero attached hydrogens (tertiary/aromatic N) is 4. The second-order valence-electron chi connectivity index (χ2n) is 6.34. The van der Waals surface area contributed by atoms with E-state index in [0.717, 1.165) is 5.39 Å². The van der Waals surface area contributed by atoms with Crippen molar-refractivity contribution in [1.82, 2.24) is 15.0 Å². The van der Waals surface area contributed by atoms with Crippen LogP contribution in [-0.4, -0.2) is 20.9 Å². The normalized spacial score (nSPS) is 10.3. The Balaban J connectivity index is 1.63. The van der Waals surface area contributed by atoms with E-state index in [4.69, 9.17) is 0 Å². The molecule has 0 aliphatic heterocycles. The summed E-state index contributed by atoms with van der Waals surface area (Å²) < 4.78 is 0. The second kappa shape index (κ2) is 7.74. The molecule has 0 aliphatic carbocycles. The van der Waals surface area contributed by atoms with Crippen molar-refractivity contribution in [1.29, 1.82) is 5.26 Å². The topological polar surface area (TPSA) is 104 Å². The van der Waals surface area contributed by atoms with Gasteiger partial charge in [-0.3, -0.25) is 9.78 Å². The van der Waals surface area contributed by atoms with Gasteiger partial charge in [-0.05, 0) is 37.3 Å². The smallest absolute Gasteiger partial charge is 0.274 e. The van der Waals surface area contributed by atoms with Crippen LogP contribution in [0.25, 0.3) is 10.9 Å². The number of hydrogen-bond donors (Lipinski definition) is 2. The summed E-state index contributed by atoms with van der Waals surface area (Å²) in [5.74, 6) is -0.126. The number of fused-ring (bicyclic) bond motifs is 1. The first kappa shape index (κ1) is 18.1. The quantitative estimate of drug-likeness (QED) is 0.550. The van der Waals surface area contributed by atoms with Gasteiger partial charge in [-0.2, -0.15) is 5.26 Å². The average Bonchev–Trinajstić information content (AvgIpc) is 2.74. The highest BCUT2D eigenvalue weighted by molar-refractivity contribution is 6.07. The highest BCUT2D eigenvalue weighted by Gasteiger charge is 2.13. The van der Waals surface area contributed by atoms with Crippen LogP contribution in [-0.2, 0) is 0 Å². The number of nitrogens with one attached hydrogen (secondary N) is 2. The van der Waals surface area contributed by atoms with Gasteiger partial charge in [0.05, 0.1) is 22.5 Å². The van der Waals surface area contributed by atoms with Crippen molar-refractivity contribution in [3.05, 3.63) is 83.8 Å². The highest BCUT2D eigenvalue weighted by atomic mass is 16.1. The van der Waals surface area contributed by atoms with Gasteiger partial charge in [0, 0.05) is 17.3 Å². The summed E-state index contributed by atoms with van der Waals surface area (Å²) in [5.41, 5.74) is 3.18. The molecule has 4 aromatic rings. The molecule has 1 amide bonds. The van der Waals surface area contributed by atoms with Gasteiger partial charge in [-0.1, -0.05) is 30.3 Å². The molecule has 140 valence electrons. The average molecular weight is 380 g/mol. The second-order valence-corrected chi connectivity index (χ2v) is 6.34. The van der Waals surface area contributed by atoms with Crippen LogP contribution in [0.3, 0.4) is 0 Å². The lowest BCUT2D eigenvalue weighted by molar-refractivity contribution is 0.102. The molecule has 2 aromatic heterocycles. The third kappa shape index (κ3) is 3.87. The molecule has 0 aliphatic rings. The molecule has 2 aromatic carbocycles. The fourth-order valence-corrected chi connectivity index (χ4v) is 2.94. The zero-order chi connectivity index (χ0) is 20.2.